The second-order valence-electron chi connectivity index (χ2n) is 4.99. The molecule has 1 atom stereocenters. The Labute approximate surface area is 131 Å². The Balaban J connectivity index is 2.34. The number of aliphatic carboxylic acids is 1. The number of ether oxygens (including phenoxy) is 1. The number of carboxylic acid groups (broad SMARTS) is 1. The normalized spacial score (nSPS) is 21.9. The number of hydrogen-bond acceptors (Lipinski definition) is 3. The summed E-state index contributed by atoms with van der Waals surface area (Å²) in [6, 6.07) is 5.16. The SMILES string of the molecule is COc1ccc(C(=O)N2CCCC2(C)C(=O)O)c(I)c1. The van der Waals surface area contributed by atoms with Crippen LogP contribution in [0.3, 0.4) is 0 Å². The molecule has 0 saturated carbocycles. The minimum Gasteiger partial charge on any atom is -0.497 e. The molecule has 1 aromatic carbocycles. The third kappa shape index (κ3) is 2.48. The van der Waals surface area contributed by atoms with Gasteiger partial charge in [0.15, 0.2) is 0 Å². The highest BCUT2D eigenvalue weighted by atomic mass is 127. The van der Waals surface area contributed by atoms with Gasteiger partial charge in [0.2, 0.25) is 0 Å². The van der Waals surface area contributed by atoms with Gasteiger partial charge in [-0.3, -0.25) is 4.79 Å². The number of benzene rings is 1. The molecule has 1 heterocycles. The van der Waals surface area contributed by atoms with E-state index in [1.165, 1.54) is 4.90 Å². The molecule has 20 heavy (non-hydrogen) atoms. The zero-order chi connectivity index (χ0) is 14.9. The van der Waals surface area contributed by atoms with Crippen LogP contribution in [0.1, 0.15) is 30.1 Å². The van der Waals surface area contributed by atoms with E-state index in [9.17, 15) is 14.7 Å². The first-order valence-electron chi connectivity index (χ1n) is 6.29. The average Bonchev–Trinajstić information content (AvgIpc) is 2.81. The summed E-state index contributed by atoms with van der Waals surface area (Å²) in [7, 11) is 1.56. The van der Waals surface area contributed by atoms with Gasteiger partial charge in [-0.1, -0.05) is 0 Å². The van der Waals surface area contributed by atoms with Crippen molar-refractivity contribution in [2.24, 2.45) is 0 Å². The maximum absolute atomic E-state index is 12.6. The van der Waals surface area contributed by atoms with E-state index in [4.69, 9.17) is 4.74 Å². The number of amides is 1. The summed E-state index contributed by atoms with van der Waals surface area (Å²) in [5, 5.41) is 9.37. The van der Waals surface area contributed by atoms with Crippen LogP contribution < -0.4 is 4.74 Å². The van der Waals surface area contributed by atoms with Crippen LogP contribution in [0.2, 0.25) is 0 Å². The zero-order valence-corrected chi connectivity index (χ0v) is 13.5. The van der Waals surface area contributed by atoms with Crippen molar-refractivity contribution in [1.82, 2.24) is 4.90 Å². The second kappa shape index (κ2) is 5.59. The van der Waals surface area contributed by atoms with Gasteiger partial charge < -0.3 is 14.7 Å². The van der Waals surface area contributed by atoms with Gasteiger partial charge in [0.25, 0.3) is 5.91 Å². The molecule has 0 aromatic heterocycles. The Hall–Kier alpha value is -1.31. The molecule has 1 N–H and O–H groups in total. The molecule has 108 valence electrons. The minimum absolute atomic E-state index is 0.237. The number of nitrogens with zero attached hydrogens (tertiary/aromatic N) is 1. The smallest absolute Gasteiger partial charge is 0.329 e. The molecular formula is C14H16INO4. The molecule has 0 aliphatic carbocycles. The molecule has 1 amide bonds. The maximum Gasteiger partial charge on any atom is 0.329 e. The van der Waals surface area contributed by atoms with Gasteiger partial charge in [0, 0.05) is 10.1 Å². The van der Waals surface area contributed by atoms with Gasteiger partial charge in [-0.15, -0.1) is 0 Å². The Bertz CT molecular complexity index is 560. The first-order valence-corrected chi connectivity index (χ1v) is 7.37. The lowest BCUT2D eigenvalue weighted by Gasteiger charge is -2.31. The highest BCUT2D eigenvalue weighted by molar-refractivity contribution is 14.1. The predicted octanol–water partition coefficient (Wildman–Crippen LogP) is 2.38. The number of carbonyl (C=O) groups is 2. The van der Waals surface area contributed by atoms with Crippen LogP contribution >= 0.6 is 22.6 Å². The summed E-state index contributed by atoms with van der Waals surface area (Å²) in [6.45, 7) is 2.08. The molecule has 1 unspecified atom stereocenters. The van der Waals surface area contributed by atoms with Gasteiger partial charge in [-0.05, 0) is 60.6 Å². The molecule has 0 radical (unpaired) electrons. The standard InChI is InChI=1S/C14H16INO4/c1-14(13(18)19)6-3-7-16(14)12(17)10-5-4-9(20-2)8-11(10)15/h4-5,8H,3,6-7H2,1-2H3,(H,18,19). The number of methoxy groups -OCH3 is 1. The fraction of sp³-hybridized carbons (Fsp3) is 0.429. The summed E-state index contributed by atoms with van der Waals surface area (Å²) in [6.07, 6.45) is 1.20. The van der Waals surface area contributed by atoms with Crippen molar-refractivity contribution in [2.75, 3.05) is 13.7 Å². The zero-order valence-electron chi connectivity index (χ0n) is 11.4. The van der Waals surface area contributed by atoms with Crippen LogP contribution in [0.5, 0.6) is 5.75 Å². The second-order valence-corrected chi connectivity index (χ2v) is 6.15. The summed E-state index contributed by atoms with van der Waals surface area (Å²) >= 11 is 2.07. The van der Waals surface area contributed by atoms with E-state index in [0.29, 0.717) is 30.7 Å². The largest absolute Gasteiger partial charge is 0.497 e. The van der Waals surface area contributed by atoms with Crippen LogP contribution in [-0.2, 0) is 4.79 Å². The summed E-state index contributed by atoms with van der Waals surface area (Å²) in [5.41, 5.74) is -0.596. The van der Waals surface area contributed by atoms with Crippen LogP contribution in [0, 0.1) is 3.57 Å². The van der Waals surface area contributed by atoms with E-state index < -0.39 is 11.5 Å². The molecule has 1 aliphatic rings. The molecular weight excluding hydrogens is 373 g/mol. The lowest BCUT2D eigenvalue weighted by Crippen LogP contribution is -2.50. The molecule has 0 bridgehead atoms. The van der Waals surface area contributed by atoms with Crippen LogP contribution in [0.4, 0.5) is 0 Å². The molecule has 5 nitrogen and oxygen atoms in total. The molecule has 0 spiro atoms. The molecule has 6 heteroatoms. The molecule has 1 saturated heterocycles. The number of carboxylic acids is 1. The summed E-state index contributed by atoms with van der Waals surface area (Å²) < 4.78 is 5.87. The first kappa shape index (κ1) is 15.1. The van der Waals surface area contributed by atoms with Crippen molar-refractivity contribution in [3.8, 4) is 5.75 Å². The van der Waals surface area contributed by atoms with Crippen LogP contribution in [-0.4, -0.2) is 41.1 Å². The fourth-order valence-corrected chi connectivity index (χ4v) is 3.17. The Morgan fingerprint density at radius 1 is 1.45 bits per heavy atom. The quantitative estimate of drug-likeness (QED) is 0.807. The lowest BCUT2D eigenvalue weighted by atomic mass is 9.98. The van der Waals surface area contributed by atoms with Crippen molar-refractivity contribution in [2.45, 2.75) is 25.3 Å². The van der Waals surface area contributed by atoms with Crippen molar-refractivity contribution in [3.05, 3.63) is 27.3 Å². The summed E-state index contributed by atoms with van der Waals surface area (Å²) in [5.74, 6) is -0.514. The third-order valence-electron chi connectivity index (χ3n) is 3.75. The Morgan fingerprint density at radius 3 is 2.70 bits per heavy atom. The topological polar surface area (TPSA) is 66.8 Å². The van der Waals surface area contributed by atoms with E-state index >= 15 is 0 Å². The molecule has 1 aliphatic heterocycles. The van der Waals surface area contributed by atoms with E-state index in [1.54, 1.807) is 32.2 Å². The number of rotatable bonds is 3. The van der Waals surface area contributed by atoms with Crippen molar-refractivity contribution >= 4 is 34.5 Å². The van der Waals surface area contributed by atoms with E-state index in [0.717, 1.165) is 3.57 Å². The lowest BCUT2D eigenvalue weighted by molar-refractivity contribution is -0.147. The summed E-state index contributed by atoms with van der Waals surface area (Å²) in [4.78, 5) is 25.5. The number of hydrogen-bond donors (Lipinski definition) is 1. The van der Waals surface area contributed by atoms with Crippen molar-refractivity contribution in [3.63, 3.8) is 0 Å². The van der Waals surface area contributed by atoms with Crippen molar-refractivity contribution < 1.29 is 19.4 Å². The van der Waals surface area contributed by atoms with Crippen LogP contribution in [0.15, 0.2) is 18.2 Å². The molecule has 1 fully saturated rings. The van der Waals surface area contributed by atoms with Gasteiger partial charge in [-0.2, -0.15) is 0 Å². The minimum atomic E-state index is -1.11. The molecule has 1 aromatic rings. The van der Waals surface area contributed by atoms with Gasteiger partial charge in [0.05, 0.1) is 12.7 Å². The van der Waals surface area contributed by atoms with E-state index in [-0.39, 0.29) is 5.91 Å². The number of likely N-dealkylation sites (tertiary alicyclic amines) is 1. The number of halogens is 1. The molecule has 2 rings (SSSR count). The van der Waals surface area contributed by atoms with Crippen molar-refractivity contribution in [1.29, 1.82) is 0 Å². The third-order valence-corrected chi connectivity index (χ3v) is 4.65. The van der Waals surface area contributed by atoms with E-state index in [2.05, 4.69) is 22.6 Å². The maximum atomic E-state index is 12.6. The first-order chi connectivity index (χ1) is 9.40. The highest BCUT2D eigenvalue weighted by Crippen LogP contribution is 2.32. The Morgan fingerprint density at radius 2 is 2.15 bits per heavy atom. The van der Waals surface area contributed by atoms with Crippen LogP contribution in [0.25, 0.3) is 0 Å². The average molecular weight is 389 g/mol. The van der Waals surface area contributed by atoms with Gasteiger partial charge in [0.1, 0.15) is 11.3 Å². The predicted molar refractivity (Wildman–Crippen MR) is 82.0 cm³/mol. The monoisotopic (exact) mass is 389 g/mol. The Kier molecular flexibility index (Phi) is 4.22. The highest BCUT2D eigenvalue weighted by Gasteiger charge is 2.46. The van der Waals surface area contributed by atoms with Gasteiger partial charge in [-0.25, -0.2) is 4.79 Å². The fourth-order valence-electron chi connectivity index (χ4n) is 2.45. The number of carbonyl (C=O) groups excluding carboxylic acids is 1. The van der Waals surface area contributed by atoms with Gasteiger partial charge >= 0.3 is 5.97 Å². The van der Waals surface area contributed by atoms with E-state index in [1.807, 2.05) is 0 Å².